The zero-order chi connectivity index (χ0) is 15.3. The first kappa shape index (κ1) is 17.3. The molecule has 0 saturated heterocycles. The Labute approximate surface area is 127 Å². The van der Waals surface area contributed by atoms with Gasteiger partial charge in [-0.1, -0.05) is 17.7 Å². The number of hydrogen-bond donors (Lipinski definition) is 1. The highest BCUT2D eigenvalue weighted by Crippen LogP contribution is 2.36. The van der Waals surface area contributed by atoms with Crippen LogP contribution >= 0.6 is 11.6 Å². The SMILES string of the molecule is C=CCC[C@H](CC(C)(C)S(N)=O)c1ccnc(F)c1Cl. The minimum absolute atomic E-state index is 0.0279. The second-order valence-corrected chi connectivity index (χ2v) is 7.41. The highest BCUT2D eigenvalue weighted by Gasteiger charge is 2.29. The van der Waals surface area contributed by atoms with Crippen LogP contribution in [0.5, 0.6) is 0 Å². The lowest BCUT2D eigenvalue weighted by atomic mass is 9.86. The molecule has 0 amide bonds. The van der Waals surface area contributed by atoms with E-state index in [9.17, 15) is 8.60 Å². The number of allylic oxidation sites excluding steroid dienone is 1. The lowest BCUT2D eigenvalue weighted by molar-refractivity contribution is 0.491. The number of hydrogen-bond acceptors (Lipinski definition) is 2. The molecule has 0 aliphatic rings. The average molecular weight is 319 g/mol. The van der Waals surface area contributed by atoms with Crippen LogP contribution in [0.3, 0.4) is 0 Å². The third kappa shape index (κ3) is 4.36. The second-order valence-electron chi connectivity index (χ2n) is 5.33. The van der Waals surface area contributed by atoms with Crippen molar-refractivity contribution >= 4 is 22.6 Å². The van der Waals surface area contributed by atoms with Gasteiger partial charge in [-0.05, 0) is 50.7 Å². The molecule has 0 bridgehead atoms. The molecule has 112 valence electrons. The van der Waals surface area contributed by atoms with E-state index < -0.39 is 21.7 Å². The first-order chi connectivity index (χ1) is 9.29. The summed E-state index contributed by atoms with van der Waals surface area (Å²) in [6.45, 7) is 7.35. The fraction of sp³-hybridized carbons (Fsp3) is 0.500. The van der Waals surface area contributed by atoms with Crippen LogP contribution in [0.4, 0.5) is 4.39 Å². The van der Waals surface area contributed by atoms with Gasteiger partial charge in [-0.15, -0.1) is 6.58 Å². The van der Waals surface area contributed by atoms with Crippen molar-refractivity contribution in [3.05, 3.63) is 41.5 Å². The fourth-order valence-corrected chi connectivity index (χ4v) is 2.74. The number of aromatic nitrogens is 1. The Morgan fingerprint density at radius 2 is 2.30 bits per heavy atom. The minimum atomic E-state index is -1.47. The van der Waals surface area contributed by atoms with E-state index in [1.54, 1.807) is 12.1 Å². The molecule has 6 heteroatoms. The summed E-state index contributed by atoms with van der Waals surface area (Å²) in [5.74, 6) is -0.722. The second kappa shape index (κ2) is 7.29. The molecule has 0 saturated carbocycles. The molecule has 1 heterocycles. The van der Waals surface area contributed by atoms with E-state index in [0.29, 0.717) is 12.0 Å². The molecular weight excluding hydrogens is 299 g/mol. The first-order valence-corrected chi connectivity index (χ1v) is 7.95. The highest BCUT2D eigenvalue weighted by molar-refractivity contribution is 7.84. The Morgan fingerprint density at radius 1 is 1.65 bits per heavy atom. The van der Waals surface area contributed by atoms with E-state index >= 15 is 0 Å². The van der Waals surface area contributed by atoms with Gasteiger partial charge in [0, 0.05) is 6.20 Å². The molecule has 1 aromatic rings. The average Bonchev–Trinajstić information content (AvgIpc) is 2.37. The maximum absolute atomic E-state index is 13.5. The molecule has 0 fully saturated rings. The zero-order valence-electron chi connectivity index (χ0n) is 11.7. The third-order valence-corrected chi connectivity index (χ3v) is 4.95. The summed E-state index contributed by atoms with van der Waals surface area (Å²) in [5, 5.41) is 5.55. The van der Waals surface area contributed by atoms with Crippen LogP contribution < -0.4 is 5.14 Å². The van der Waals surface area contributed by atoms with Gasteiger partial charge < -0.3 is 0 Å². The smallest absolute Gasteiger partial charge is 0.231 e. The predicted octanol–water partition coefficient (Wildman–Crippen LogP) is 3.72. The molecule has 2 atom stereocenters. The van der Waals surface area contributed by atoms with Gasteiger partial charge in [-0.3, -0.25) is 5.14 Å². The monoisotopic (exact) mass is 318 g/mol. The maximum Gasteiger partial charge on any atom is 0.231 e. The summed E-state index contributed by atoms with van der Waals surface area (Å²) in [6.07, 6.45) is 5.24. The summed E-state index contributed by atoms with van der Waals surface area (Å²) in [4.78, 5) is 3.53. The van der Waals surface area contributed by atoms with Gasteiger partial charge in [0.1, 0.15) is 0 Å². The van der Waals surface area contributed by atoms with Crippen LogP contribution in [0.2, 0.25) is 5.02 Å². The Kier molecular flexibility index (Phi) is 6.30. The molecule has 0 aliphatic carbocycles. The van der Waals surface area contributed by atoms with Crippen molar-refractivity contribution in [3.8, 4) is 0 Å². The fourth-order valence-electron chi connectivity index (χ4n) is 2.11. The van der Waals surface area contributed by atoms with E-state index in [0.717, 1.165) is 12.8 Å². The van der Waals surface area contributed by atoms with Crippen LogP contribution in [-0.2, 0) is 11.0 Å². The van der Waals surface area contributed by atoms with Crippen molar-refractivity contribution < 1.29 is 8.60 Å². The van der Waals surface area contributed by atoms with Crippen LogP contribution in [0.15, 0.2) is 24.9 Å². The highest BCUT2D eigenvalue weighted by atomic mass is 35.5. The molecule has 20 heavy (non-hydrogen) atoms. The summed E-state index contributed by atoms with van der Waals surface area (Å²) in [5.41, 5.74) is 0.680. The number of rotatable bonds is 7. The molecule has 3 nitrogen and oxygen atoms in total. The van der Waals surface area contributed by atoms with Crippen molar-refractivity contribution in [1.29, 1.82) is 0 Å². The minimum Gasteiger partial charge on any atom is -0.251 e. The standard InChI is InChI=1S/C14H20ClFN2OS/c1-4-5-6-10(9-14(2,3)20(17)19)11-7-8-18-13(16)12(11)15/h4,7-8,10H,1,5-6,9,17H2,2-3H3/t10-,20?/m1/s1. The Balaban J connectivity index is 3.09. The van der Waals surface area contributed by atoms with Gasteiger partial charge in [0.05, 0.1) is 20.8 Å². The number of nitrogens with zero attached hydrogens (tertiary/aromatic N) is 1. The number of halogens is 2. The van der Waals surface area contributed by atoms with E-state index in [1.807, 2.05) is 13.8 Å². The van der Waals surface area contributed by atoms with Crippen molar-refractivity contribution in [2.45, 2.75) is 43.8 Å². The first-order valence-electron chi connectivity index (χ1n) is 6.36. The summed E-state index contributed by atoms with van der Waals surface area (Å²) in [6, 6.07) is 1.70. The van der Waals surface area contributed by atoms with E-state index in [4.69, 9.17) is 16.7 Å². The van der Waals surface area contributed by atoms with Gasteiger partial charge in [0.2, 0.25) is 5.95 Å². The molecule has 1 rings (SSSR count). The van der Waals surface area contributed by atoms with Gasteiger partial charge in [-0.25, -0.2) is 9.19 Å². The lowest BCUT2D eigenvalue weighted by Gasteiger charge is -2.28. The predicted molar refractivity (Wildman–Crippen MR) is 82.4 cm³/mol. The van der Waals surface area contributed by atoms with Gasteiger partial charge in [0.15, 0.2) is 0 Å². The molecular formula is C14H20ClFN2OS. The van der Waals surface area contributed by atoms with Gasteiger partial charge in [0.25, 0.3) is 0 Å². The zero-order valence-corrected chi connectivity index (χ0v) is 13.3. The molecule has 0 aliphatic heterocycles. The van der Waals surface area contributed by atoms with Crippen LogP contribution in [-0.4, -0.2) is 13.9 Å². The van der Waals surface area contributed by atoms with E-state index in [2.05, 4.69) is 11.6 Å². The molecule has 0 spiro atoms. The summed E-state index contributed by atoms with van der Waals surface area (Å²) >= 11 is 6.00. The molecule has 0 radical (unpaired) electrons. The Morgan fingerprint density at radius 3 is 2.85 bits per heavy atom. The van der Waals surface area contributed by atoms with Crippen molar-refractivity contribution in [2.75, 3.05) is 0 Å². The summed E-state index contributed by atoms with van der Waals surface area (Å²) < 4.78 is 24.5. The van der Waals surface area contributed by atoms with E-state index in [-0.39, 0.29) is 10.9 Å². The van der Waals surface area contributed by atoms with Crippen LogP contribution in [0.1, 0.15) is 44.6 Å². The summed E-state index contributed by atoms with van der Waals surface area (Å²) in [7, 11) is -1.47. The molecule has 1 aromatic heterocycles. The third-order valence-electron chi connectivity index (χ3n) is 3.32. The lowest BCUT2D eigenvalue weighted by Crippen LogP contribution is -2.33. The quantitative estimate of drug-likeness (QED) is 0.615. The van der Waals surface area contributed by atoms with Crippen molar-refractivity contribution in [2.24, 2.45) is 5.14 Å². The number of pyridine rings is 1. The van der Waals surface area contributed by atoms with Gasteiger partial charge >= 0.3 is 0 Å². The van der Waals surface area contributed by atoms with Crippen LogP contribution in [0.25, 0.3) is 0 Å². The maximum atomic E-state index is 13.5. The van der Waals surface area contributed by atoms with Crippen molar-refractivity contribution in [1.82, 2.24) is 4.98 Å². The van der Waals surface area contributed by atoms with Crippen molar-refractivity contribution in [3.63, 3.8) is 0 Å². The Hall–Kier alpha value is -0.780. The molecule has 0 aromatic carbocycles. The largest absolute Gasteiger partial charge is 0.251 e. The topological polar surface area (TPSA) is 56.0 Å². The van der Waals surface area contributed by atoms with Crippen LogP contribution in [0, 0.1) is 5.95 Å². The number of nitrogens with two attached hydrogens (primary N) is 1. The molecule has 1 unspecified atom stereocenters. The van der Waals surface area contributed by atoms with E-state index in [1.165, 1.54) is 6.20 Å². The van der Waals surface area contributed by atoms with Gasteiger partial charge in [-0.2, -0.15) is 4.39 Å². The normalized spacial score (nSPS) is 14.8. The molecule has 2 N–H and O–H groups in total. The Bertz CT molecular complexity index is 508.